The van der Waals surface area contributed by atoms with E-state index in [1.54, 1.807) is 7.11 Å². The Morgan fingerprint density at radius 1 is 1.29 bits per heavy atom. The molecule has 0 heterocycles. The fraction of sp³-hybridized carbons (Fsp3) is 0.647. The van der Waals surface area contributed by atoms with Gasteiger partial charge in [0.2, 0.25) is 0 Å². The van der Waals surface area contributed by atoms with Crippen molar-refractivity contribution in [3.63, 3.8) is 0 Å². The van der Waals surface area contributed by atoms with Gasteiger partial charge in [-0.05, 0) is 54.9 Å². The van der Waals surface area contributed by atoms with Crippen molar-refractivity contribution >= 4 is 10.8 Å². The number of nitrogens with two attached hydrogens (primary N) is 1. The van der Waals surface area contributed by atoms with Crippen LogP contribution in [-0.4, -0.2) is 22.3 Å². The molecule has 0 radical (unpaired) electrons. The Labute approximate surface area is 129 Å². The van der Waals surface area contributed by atoms with Crippen LogP contribution in [-0.2, 0) is 17.2 Å². The molecule has 0 spiro atoms. The van der Waals surface area contributed by atoms with Gasteiger partial charge in [0.25, 0.3) is 0 Å². The van der Waals surface area contributed by atoms with Crippen LogP contribution in [0, 0.1) is 5.92 Å². The minimum atomic E-state index is -0.808. The Hall–Kier alpha value is -0.870. The Kier molecular flexibility index (Phi) is 4.65. The third-order valence-corrected chi connectivity index (χ3v) is 7.03. The maximum Gasteiger partial charge on any atom is 0.119 e. The zero-order chi connectivity index (χ0) is 14.8. The lowest BCUT2D eigenvalue weighted by Gasteiger charge is -2.31. The van der Waals surface area contributed by atoms with Crippen LogP contribution < -0.4 is 10.5 Å². The van der Waals surface area contributed by atoms with E-state index in [4.69, 9.17) is 10.5 Å². The van der Waals surface area contributed by atoms with E-state index in [-0.39, 0.29) is 11.3 Å². The molecule has 0 bridgehead atoms. The average Bonchev–Trinajstić information content (AvgIpc) is 3.00. The molecular formula is C17H25NO2S. The molecule has 4 heteroatoms. The molecule has 2 aliphatic rings. The summed E-state index contributed by atoms with van der Waals surface area (Å²) in [5.74, 6) is 2.34. The van der Waals surface area contributed by atoms with Crippen molar-refractivity contribution in [3.8, 4) is 5.75 Å². The van der Waals surface area contributed by atoms with E-state index in [0.717, 1.165) is 29.9 Å². The zero-order valence-corrected chi connectivity index (χ0v) is 13.5. The molecule has 2 aliphatic carbocycles. The quantitative estimate of drug-likeness (QED) is 0.930. The number of benzene rings is 1. The number of hydrogen-bond acceptors (Lipinski definition) is 3. The monoisotopic (exact) mass is 307 g/mol. The molecule has 2 N–H and O–H groups in total. The summed E-state index contributed by atoms with van der Waals surface area (Å²) in [6.45, 7) is 0. The summed E-state index contributed by atoms with van der Waals surface area (Å²) in [6, 6.07) is 6.00. The summed E-state index contributed by atoms with van der Waals surface area (Å²) >= 11 is 0. The Morgan fingerprint density at radius 2 is 2.05 bits per heavy atom. The fourth-order valence-corrected chi connectivity index (χ4v) is 5.64. The number of rotatable bonds is 4. The highest BCUT2D eigenvalue weighted by Gasteiger charge is 2.32. The van der Waals surface area contributed by atoms with E-state index in [9.17, 15) is 4.21 Å². The van der Waals surface area contributed by atoms with Crippen LogP contribution in [0.2, 0.25) is 0 Å². The Morgan fingerprint density at radius 3 is 2.76 bits per heavy atom. The maximum absolute atomic E-state index is 12.7. The minimum absolute atomic E-state index is 0.102. The van der Waals surface area contributed by atoms with Crippen molar-refractivity contribution < 1.29 is 8.95 Å². The zero-order valence-electron chi connectivity index (χ0n) is 12.7. The van der Waals surface area contributed by atoms with Crippen LogP contribution in [0.5, 0.6) is 5.75 Å². The summed E-state index contributed by atoms with van der Waals surface area (Å²) in [4.78, 5) is 0. The van der Waals surface area contributed by atoms with Gasteiger partial charge in [0.05, 0.1) is 12.4 Å². The third-order valence-electron chi connectivity index (χ3n) is 5.02. The molecule has 1 aromatic carbocycles. The Balaban J connectivity index is 1.74. The van der Waals surface area contributed by atoms with Crippen LogP contribution in [0.4, 0.5) is 0 Å². The third kappa shape index (κ3) is 3.16. The van der Waals surface area contributed by atoms with Gasteiger partial charge in [-0.3, -0.25) is 4.21 Å². The summed E-state index contributed by atoms with van der Waals surface area (Å²) < 4.78 is 18.0. The molecule has 3 rings (SSSR count). The first-order chi connectivity index (χ1) is 10.2. The highest BCUT2D eigenvalue weighted by Crippen LogP contribution is 2.35. The van der Waals surface area contributed by atoms with Crippen molar-refractivity contribution in [2.24, 2.45) is 11.7 Å². The van der Waals surface area contributed by atoms with Crippen LogP contribution in [0.1, 0.15) is 49.3 Å². The lowest BCUT2D eigenvalue weighted by Crippen LogP contribution is -2.36. The maximum atomic E-state index is 12.7. The van der Waals surface area contributed by atoms with Gasteiger partial charge in [-0.2, -0.15) is 0 Å². The topological polar surface area (TPSA) is 52.3 Å². The van der Waals surface area contributed by atoms with Gasteiger partial charge in [0.1, 0.15) is 5.75 Å². The summed E-state index contributed by atoms with van der Waals surface area (Å²) in [6.07, 6.45) is 7.03. The normalized spacial score (nSPS) is 27.3. The van der Waals surface area contributed by atoms with Gasteiger partial charge in [0.15, 0.2) is 0 Å². The van der Waals surface area contributed by atoms with Crippen LogP contribution >= 0.6 is 0 Å². The molecule has 1 aromatic rings. The van der Waals surface area contributed by atoms with E-state index in [0.29, 0.717) is 5.92 Å². The van der Waals surface area contributed by atoms with Gasteiger partial charge in [-0.15, -0.1) is 0 Å². The molecule has 0 saturated heterocycles. The van der Waals surface area contributed by atoms with E-state index < -0.39 is 10.8 Å². The van der Waals surface area contributed by atoms with Gasteiger partial charge < -0.3 is 10.5 Å². The number of fused-ring (bicyclic) bond motifs is 1. The standard InChI is InChI=1S/C17H25NO2S/c1-20-14-8-6-13-7-9-16(17(18)15(13)10-14)21(19)11-12-4-2-3-5-12/h6,8,10,12,16-17H,2-5,7,9,11,18H2,1H3. The lowest BCUT2D eigenvalue weighted by molar-refractivity contribution is 0.412. The van der Waals surface area contributed by atoms with E-state index in [1.807, 2.05) is 12.1 Å². The molecule has 3 unspecified atom stereocenters. The second-order valence-electron chi connectivity index (χ2n) is 6.37. The molecule has 116 valence electrons. The van der Waals surface area contributed by atoms with Gasteiger partial charge >= 0.3 is 0 Å². The van der Waals surface area contributed by atoms with E-state index >= 15 is 0 Å². The van der Waals surface area contributed by atoms with E-state index in [1.165, 1.54) is 31.2 Å². The second kappa shape index (κ2) is 6.49. The predicted octanol–water partition coefficient (Wildman–Crippen LogP) is 2.95. The molecule has 1 fully saturated rings. The minimum Gasteiger partial charge on any atom is -0.497 e. The summed E-state index contributed by atoms with van der Waals surface area (Å²) in [5.41, 5.74) is 8.86. The van der Waals surface area contributed by atoms with Crippen molar-refractivity contribution in [2.45, 2.75) is 49.8 Å². The first kappa shape index (κ1) is 15.0. The lowest BCUT2D eigenvalue weighted by atomic mass is 9.87. The molecule has 3 atom stereocenters. The predicted molar refractivity (Wildman–Crippen MR) is 87.0 cm³/mol. The molecule has 21 heavy (non-hydrogen) atoms. The first-order valence-electron chi connectivity index (χ1n) is 7.98. The van der Waals surface area contributed by atoms with Crippen LogP contribution in [0.15, 0.2) is 18.2 Å². The largest absolute Gasteiger partial charge is 0.497 e. The van der Waals surface area contributed by atoms with Crippen LogP contribution in [0.3, 0.4) is 0 Å². The number of ether oxygens (including phenoxy) is 1. The molecule has 1 saturated carbocycles. The summed E-state index contributed by atoms with van der Waals surface area (Å²) in [7, 11) is 0.864. The van der Waals surface area contributed by atoms with Gasteiger partial charge in [-0.25, -0.2) is 0 Å². The smallest absolute Gasteiger partial charge is 0.119 e. The van der Waals surface area contributed by atoms with Crippen molar-refractivity contribution in [1.29, 1.82) is 0 Å². The second-order valence-corrected chi connectivity index (χ2v) is 8.07. The van der Waals surface area contributed by atoms with Crippen LogP contribution in [0.25, 0.3) is 0 Å². The first-order valence-corrected chi connectivity index (χ1v) is 9.37. The Bertz CT molecular complexity index is 526. The highest BCUT2D eigenvalue weighted by molar-refractivity contribution is 7.85. The molecule has 0 aromatic heterocycles. The molecular weight excluding hydrogens is 282 g/mol. The number of methoxy groups -OCH3 is 1. The summed E-state index contributed by atoms with van der Waals surface area (Å²) in [5, 5.41) is 0.102. The molecule has 3 nitrogen and oxygen atoms in total. The molecule has 0 amide bonds. The molecule has 0 aliphatic heterocycles. The van der Waals surface area contributed by atoms with Gasteiger partial charge in [-0.1, -0.05) is 18.9 Å². The number of hydrogen-bond donors (Lipinski definition) is 1. The average molecular weight is 307 g/mol. The highest BCUT2D eigenvalue weighted by atomic mass is 32.2. The fourth-order valence-electron chi connectivity index (χ4n) is 3.74. The van der Waals surface area contributed by atoms with Crippen molar-refractivity contribution in [1.82, 2.24) is 0 Å². The SMILES string of the molecule is COc1ccc2c(c1)C(N)C(S(=O)CC1CCCC1)CC2. The number of aryl methyl sites for hydroxylation is 1. The van der Waals surface area contributed by atoms with Crippen molar-refractivity contribution in [2.75, 3.05) is 12.9 Å². The van der Waals surface area contributed by atoms with Gasteiger partial charge in [0, 0.05) is 22.6 Å². The van der Waals surface area contributed by atoms with E-state index in [2.05, 4.69) is 6.07 Å². The van der Waals surface area contributed by atoms with Crippen molar-refractivity contribution in [3.05, 3.63) is 29.3 Å².